The lowest BCUT2D eigenvalue weighted by Gasteiger charge is -2.35. The lowest BCUT2D eigenvalue weighted by molar-refractivity contribution is -0.120. The van der Waals surface area contributed by atoms with Crippen LogP contribution in [0.15, 0.2) is 83.6 Å². The van der Waals surface area contributed by atoms with Crippen molar-refractivity contribution in [1.82, 2.24) is 40.6 Å². The highest BCUT2D eigenvalue weighted by atomic mass is 16.5. The van der Waals surface area contributed by atoms with Crippen LogP contribution < -0.4 is 20.4 Å². The molecular formula is C48H54N10O4. The summed E-state index contributed by atoms with van der Waals surface area (Å²) >= 11 is 0. The maximum Gasteiger partial charge on any atom is 0.328 e. The van der Waals surface area contributed by atoms with Gasteiger partial charge < -0.3 is 24.6 Å². The number of fused-ring (bicyclic) bond motifs is 1. The molecule has 0 saturated carbocycles. The number of H-pyrrole nitrogens is 1. The number of benzene rings is 3. The molecule has 2 atom stereocenters. The van der Waals surface area contributed by atoms with Gasteiger partial charge in [0.2, 0.25) is 5.91 Å². The third-order valence-corrected chi connectivity index (χ3v) is 12.8. The fourth-order valence-corrected chi connectivity index (χ4v) is 9.19. The van der Waals surface area contributed by atoms with Gasteiger partial charge in [-0.3, -0.25) is 19.8 Å². The van der Waals surface area contributed by atoms with Crippen molar-refractivity contribution >= 4 is 40.3 Å². The maximum absolute atomic E-state index is 12.9. The van der Waals surface area contributed by atoms with Crippen LogP contribution in [-0.2, 0) is 10.2 Å². The Morgan fingerprint density at radius 3 is 2.35 bits per heavy atom. The summed E-state index contributed by atoms with van der Waals surface area (Å²) in [6.07, 6.45) is 5.42. The summed E-state index contributed by atoms with van der Waals surface area (Å²) in [6.45, 7) is 15.7. The summed E-state index contributed by atoms with van der Waals surface area (Å²) in [5.74, 6) is 1.02. The van der Waals surface area contributed by atoms with Crippen molar-refractivity contribution < 1.29 is 18.9 Å². The van der Waals surface area contributed by atoms with Crippen LogP contribution in [0, 0.1) is 12.8 Å². The van der Waals surface area contributed by atoms with Gasteiger partial charge in [-0.1, -0.05) is 62.3 Å². The lowest BCUT2D eigenvalue weighted by atomic mass is 9.95. The molecule has 4 amide bonds. The SMILES string of the molecule is Cc1cc(-c2ncnc3[nH]c(-c4ccc(C5CCN(CC6CCN(c7ccc(N8CCC(=O)NC8=O)cc7)CC6)C5)cc4)cc23)ccc1[C@@H](C)NC(=O)c1nc(C(C)(C)C)no1. The molecule has 1 unspecified atom stereocenters. The number of rotatable bonds is 10. The van der Waals surface area contributed by atoms with E-state index in [1.807, 2.05) is 58.9 Å². The number of nitrogens with one attached hydrogen (secondary N) is 3. The van der Waals surface area contributed by atoms with Crippen molar-refractivity contribution in [2.24, 2.45) is 5.92 Å². The Kier molecular flexibility index (Phi) is 11.1. The van der Waals surface area contributed by atoms with Gasteiger partial charge in [0.05, 0.1) is 11.7 Å². The number of aryl methyl sites for hydroxylation is 1. The van der Waals surface area contributed by atoms with Crippen molar-refractivity contribution in [2.45, 2.75) is 77.7 Å². The molecule has 3 aliphatic heterocycles. The van der Waals surface area contributed by atoms with Crippen LogP contribution >= 0.6 is 0 Å². The van der Waals surface area contributed by atoms with Gasteiger partial charge in [-0.05, 0) is 110 Å². The largest absolute Gasteiger partial charge is 0.372 e. The van der Waals surface area contributed by atoms with E-state index in [0.717, 1.165) is 95.9 Å². The number of hydrogen-bond acceptors (Lipinski definition) is 10. The van der Waals surface area contributed by atoms with Gasteiger partial charge in [0.1, 0.15) is 12.0 Å². The molecule has 0 radical (unpaired) electrons. The maximum atomic E-state index is 12.9. The van der Waals surface area contributed by atoms with Crippen LogP contribution in [0.4, 0.5) is 16.2 Å². The fourth-order valence-electron chi connectivity index (χ4n) is 9.19. The summed E-state index contributed by atoms with van der Waals surface area (Å²) in [6, 6.07) is 24.8. The van der Waals surface area contributed by atoms with E-state index in [0.29, 0.717) is 30.6 Å². The molecule has 0 bridgehead atoms. The first-order valence-electron chi connectivity index (χ1n) is 21.7. The summed E-state index contributed by atoms with van der Waals surface area (Å²) in [4.78, 5) is 60.6. The number of piperidine rings is 1. The molecule has 3 saturated heterocycles. The third-order valence-electron chi connectivity index (χ3n) is 12.8. The molecule has 3 N–H and O–H groups in total. The molecule has 0 spiro atoms. The van der Waals surface area contributed by atoms with Crippen molar-refractivity contribution in [3.05, 3.63) is 108 Å². The smallest absolute Gasteiger partial charge is 0.328 e. The van der Waals surface area contributed by atoms with E-state index < -0.39 is 5.91 Å². The zero-order valence-electron chi connectivity index (χ0n) is 36.1. The summed E-state index contributed by atoms with van der Waals surface area (Å²) in [7, 11) is 0. The van der Waals surface area contributed by atoms with Crippen molar-refractivity contribution in [1.29, 1.82) is 0 Å². The molecule has 6 aromatic rings. The average molecular weight is 835 g/mol. The molecule has 3 aromatic heterocycles. The predicted molar refractivity (Wildman–Crippen MR) is 239 cm³/mol. The van der Waals surface area contributed by atoms with E-state index in [1.165, 1.54) is 17.7 Å². The van der Waals surface area contributed by atoms with Crippen molar-refractivity contribution in [2.75, 3.05) is 49.1 Å². The number of nitrogens with zero attached hydrogens (tertiary/aromatic N) is 7. The van der Waals surface area contributed by atoms with Gasteiger partial charge in [-0.25, -0.2) is 14.8 Å². The molecule has 3 aromatic carbocycles. The zero-order chi connectivity index (χ0) is 43.1. The van der Waals surface area contributed by atoms with Crippen LogP contribution in [0.3, 0.4) is 0 Å². The van der Waals surface area contributed by atoms with E-state index in [9.17, 15) is 14.4 Å². The van der Waals surface area contributed by atoms with Crippen molar-refractivity contribution in [3.8, 4) is 22.5 Å². The number of aromatic nitrogens is 5. The topological polar surface area (TPSA) is 165 Å². The minimum Gasteiger partial charge on any atom is -0.372 e. The van der Waals surface area contributed by atoms with Crippen LogP contribution in [0.2, 0.25) is 0 Å². The number of urea groups is 1. The molecule has 14 heteroatoms. The Morgan fingerprint density at radius 2 is 1.65 bits per heavy atom. The third kappa shape index (κ3) is 8.56. The zero-order valence-corrected chi connectivity index (χ0v) is 36.1. The Balaban J connectivity index is 0.786. The minimum absolute atomic E-state index is 0.0443. The van der Waals surface area contributed by atoms with Crippen LogP contribution in [0.25, 0.3) is 33.5 Å². The van der Waals surface area contributed by atoms with Crippen LogP contribution in [0.1, 0.15) is 98.5 Å². The second-order valence-electron chi connectivity index (χ2n) is 18.2. The Morgan fingerprint density at radius 1 is 0.903 bits per heavy atom. The van der Waals surface area contributed by atoms with Gasteiger partial charge in [-0.15, -0.1) is 0 Å². The average Bonchev–Trinajstić information content (AvgIpc) is 4.05. The van der Waals surface area contributed by atoms with E-state index in [2.05, 4.69) is 89.1 Å². The Hall–Kier alpha value is -6.41. The summed E-state index contributed by atoms with van der Waals surface area (Å²) < 4.78 is 5.25. The molecule has 14 nitrogen and oxygen atoms in total. The molecule has 0 aliphatic carbocycles. The number of imide groups is 1. The lowest BCUT2D eigenvalue weighted by Crippen LogP contribution is -2.49. The van der Waals surface area contributed by atoms with Crippen LogP contribution in [-0.4, -0.2) is 87.1 Å². The predicted octanol–water partition coefficient (Wildman–Crippen LogP) is 7.92. The molecule has 9 rings (SSSR count). The number of anilines is 2. The Bertz CT molecular complexity index is 2600. The molecule has 3 aliphatic rings. The molecule has 3 fully saturated rings. The van der Waals surface area contributed by atoms with Gasteiger partial charge in [-0.2, -0.15) is 4.98 Å². The van der Waals surface area contributed by atoms with E-state index in [1.54, 1.807) is 11.2 Å². The van der Waals surface area contributed by atoms with E-state index in [4.69, 9.17) is 9.51 Å². The van der Waals surface area contributed by atoms with Gasteiger partial charge >= 0.3 is 17.8 Å². The first-order valence-corrected chi connectivity index (χ1v) is 21.7. The fraction of sp³-hybridized carbons (Fsp3) is 0.396. The molecular weight excluding hydrogens is 781 g/mol. The number of hydrogen-bond donors (Lipinski definition) is 3. The van der Waals surface area contributed by atoms with E-state index in [-0.39, 0.29) is 29.3 Å². The highest BCUT2D eigenvalue weighted by Crippen LogP contribution is 2.35. The normalized spacial score (nSPS) is 18.4. The standard InChI is InChI=1S/C48H54N10O4/c1-29-24-34(10-15-38(29)30(2)51-44(60)45-54-46(55-62-45)48(3,4)5)42-39-25-40(52-43(39)50-28-49-42)33-8-6-32(7-9-33)35-18-20-56(27-35)26-31-16-21-57(22-17-31)36-11-13-37(14-12-36)58-23-19-41(59)53-47(58)61/h6-15,24-25,28,30-31,35H,16-23,26-27H2,1-5H3,(H,51,60)(H,49,50,52)(H,53,59,61)/t30-,35?/m1/s1. The monoisotopic (exact) mass is 834 g/mol. The van der Waals surface area contributed by atoms with Crippen molar-refractivity contribution in [3.63, 3.8) is 0 Å². The number of carbonyl (C=O) groups excluding carboxylic acids is 3. The number of aromatic amines is 1. The van der Waals surface area contributed by atoms with Gasteiger partial charge in [0.25, 0.3) is 0 Å². The van der Waals surface area contributed by atoms with Gasteiger partial charge in [0.15, 0.2) is 5.82 Å². The second-order valence-corrected chi connectivity index (χ2v) is 18.2. The van der Waals surface area contributed by atoms with Gasteiger partial charge in [0, 0.05) is 72.6 Å². The Labute approximate surface area is 361 Å². The molecule has 320 valence electrons. The second kappa shape index (κ2) is 16.8. The first kappa shape index (κ1) is 41.0. The molecule has 62 heavy (non-hydrogen) atoms. The quantitative estimate of drug-likeness (QED) is 0.123. The highest BCUT2D eigenvalue weighted by molar-refractivity contribution is 6.05. The number of likely N-dealkylation sites (tertiary alicyclic amines) is 1. The highest BCUT2D eigenvalue weighted by Gasteiger charge is 2.29. The number of carbonyl (C=O) groups is 3. The summed E-state index contributed by atoms with van der Waals surface area (Å²) in [5, 5.41) is 10.3. The number of amides is 4. The molecule has 6 heterocycles. The minimum atomic E-state index is -0.405. The van der Waals surface area contributed by atoms with E-state index >= 15 is 0 Å². The first-order chi connectivity index (χ1) is 29.9. The van der Waals surface area contributed by atoms with Crippen LogP contribution in [0.5, 0.6) is 0 Å². The summed E-state index contributed by atoms with van der Waals surface area (Å²) in [5.41, 5.74) is 9.77.